The fourth-order valence-electron chi connectivity index (χ4n) is 11.0. The van der Waals surface area contributed by atoms with E-state index in [1.807, 2.05) is 0 Å². The largest absolute Gasteiger partial charge is 0.458 e. The van der Waals surface area contributed by atoms with Gasteiger partial charge in [-0.15, -0.1) is 0 Å². The lowest BCUT2D eigenvalue weighted by Crippen LogP contribution is -2.63. The Labute approximate surface area is 270 Å². The van der Waals surface area contributed by atoms with Crippen LogP contribution in [0.4, 0.5) is 0 Å². The number of cyclic esters (lactones) is 1. The van der Waals surface area contributed by atoms with E-state index < -0.39 is 60.9 Å². The minimum absolute atomic E-state index is 0.0347. The Morgan fingerprint density at radius 2 is 1.63 bits per heavy atom. The molecule has 0 amide bonds. The van der Waals surface area contributed by atoms with Gasteiger partial charge in [-0.3, -0.25) is 0 Å². The van der Waals surface area contributed by atoms with Crippen molar-refractivity contribution in [2.45, 2.75) is 146 Å². The van der Waals surface area contributed by atoms with Crippen LogP contribution in [0.5, 0.6) is 0 Å². The Balaban J connectivity index is 1.04. The lowest BCUT2D eigenvalue weighted by molar-refractivity contribution is -0.361. The number of carbonyl (C=O) groups excluding carboxylic acids is 1. The van der Waals surface area contributed by atoms with Gasteiger partial charge in [-0.25, -0.2) is 4.79 Å². The van der Waals surface area contributed by atoms with Gasteiger partial charge in [0.25, 0.3) is 0 Å². The summed E-state index contributed by atoms with van der Waals surface area (Å²) in [5.74, 6) is 0.837. The minimum atomic E-state index is -1.56. The van der Waals surface area contributed by atoms with Gasteiger partial charge >= 0.3 is 5.97 Å². The molecule has 0 spiro atoms. The number of carbonyl (C=O) groups is 1. The van der Waals surface area contributed by atoms with Crippen molar-refractivity contribution in [1.29, 1.82) is 0 Å². The fraction of sp³-hybridized carbons (Fsp3) is 0.912. The second-order valence-electron chi connectivity index (χ2n) is 15.9. The van der Waals surface area contributed by atoms with Crippen LogP contribution in [0.1, 0.15) is 78.6 Å². The van der Waals surface area contributed by atoms with Gasteiger partial charge < -0.3 is 54.3 Å². The molecular formula is C34H52O12. The quantitative estimate of drug-likeness (QED) is 0.183. The van der Waals surface area contributed by atoms with Crippen LogP contribution < -0.4 is 0 Å². The summed E-state index contributed by atoms with van der Waals surface area (Å²) in [4.78, 5) is 11.9. The van der Waals surface area contributed by atoms with Crippen LogP contribution in [0.15, 0.2) is 11.6 Å². The van der Waals surface area contributed by atoms with Crippen molar-refractivity contribution >= 4 is 5.97 Å². The molecule has 6 N–H and O–H groups in total. The highest BCUT2D eigenvalue weighted by atomic mass is 16.8. The van der Waals surface area contributed by atoms with E-state index in [-0.39, 0.29) is 41.3 Å². The SMILES string of the molecule is CC1OC(OC2CCC3(C)C(CCC4C3CCC3(C)C(C5=CC(=O)OC5)CCC43O)C2)C(OC2OCC(O)C(O)C2O)C(O)C1O. The number of fused-ring (bicyclic) bond motifs is 5. The lowest BCUT2D eigenvalue weighted by atomic mass is 9.43. The van der Waals surface area contributed by atoms with E-state index in [0.29, 0.717) is 18.4 Å². The van der Waals surface area contributed by atoms with Gasteiger partial charge in [0.05, 0.1) is 24.4 Å². The molecular weight excluding hydrogens is 600 g/mol. The Hall–Kier alpha value is -1.19. The molecule has 3 aliphatic heterocycles. The van der Waals surface area contributed by atoms with Crippen LogP contribution in [-0.4, -0.2) is 117 Å². The fourth-order valence-corrected chi connectivity index (χ4v) is 11.0. The standard InChI is InChI=1S/C34H52O12/c1-16-25(37)27(39)29(46-30-28(40)26(38)23(35)15-43-30)31(44-16)45-19-6-9-32(2)18(13-19)4-5-22-21(32)7-10-33(3)20(8-11-34(22,33)41)17-12-24(36)42-14-17/h12,16,18-23,25-31,35,37-41H,4-11,13-15H2,1-3H3. The van der Waals surface area contributed by atoms with Gasteiger partial charge in [0.1, 0.15) is 43.2 Å². The van der Waals surface area contributed by atoms with Crippen LogP contribution in [0.3, 0.4) is 0 Å². The van der Waals surface area contributed by atoms with Crippen molar-refractivity contribution in [3.8, 4) is 0 Å². The average molecular weight is 653 g/mol. The molecule has 7 rings (SSSR count). The third kappa shape index (κ3) is 5.13. The molecule has 0 aromatic heterocycles. The van der Waals surface area contributed by atoms with Crippen LogP contribution in [0.25, 0.3) is 0 Å². The Kier molecular flexibility index (Phi) is 8.69. The third-order valence-electron chi connectivity index (χ3n) is 13.8. The summed E-state index contributed by atoms with van der Waals surface area (Å²) >= 11 is 0. The molecule has 3 heterocycles. The second kappa shape index (κ2) is 12.0. The topological polar surface area (TPSA) is 185 Å². The van der Waals surface area contributed by atoms with Gasteiger partial charge in [-0.05, 0) is 99.4 Å². The third-order valence-corrected chi connectivity index (χ3v) is 13.8. The summed E-state index contributed by atoms with van der Waals surface area (Å²) < 4.78 is 29.1. The molecule has 4 saturated carbocycles. The zero-order chi connectivity index (χ0) is 32.8. The highest BCUT2D eigenvalue weighted by Gasteiger charge is 2.68. The lowest BCUT2D eigenvalue weighted by Gasteiger charge is -2.64. The van der Waals surface area contributed by atoms with Crippen LogP contribution in [0.2, 0.25) is 0 Å². The van der Waals surface area contributed by atoms with E-state index in [9.17, 15) is 35.4 Å². The van der Waals surface area contributed by atoms with Crippen LogP contribution in [0, 0.1) is 34.5 Å². The number of rotatable bonds is 5. The summed E-state index contributed by atoms with van der Waals surface area (Å²) in [7, 11) is 0. The summed E-state index contributed by atoms with van der Waals surface area (Å²) in [6.07, 6.45) is -1.91. The molecule has 17 atom stereocenters. The Bertz CT molecular complexity index is 1200. The summed E-state index contributed by atoms with van der Waals surface area (Å²) in [6.45, 7) is 6.36. The molecule has 46 heavy (non-hydrogen) atoms. The molecule has 12 nitrogen and oxygen atoms in total. The summed E-state index contributed by atoms with van der Waals surface area (Å²) in [5.41, 5.74) is 0.0121. The molecule has 12 heteroatoms. The monoisotopic (exact) mass is 652 g/mol. The van der Waals surface area contributed by atoms with Crippen molar-refractivity contribution in [3.05, 3.63) is 11.6 Å². The minimum Gasteiger partial charge on any atom is -0.458 e. The molecule has 0 bridgehead atoms. The van der Waals surface area contributed by atoms with Gasteiger partial charge in [0.2, 0.25) is 0 Å². The normalized spacial score (nSPS) is 55.6. The molecule has 6 fully saturated rings. The highest BCUT2D eigenvalue weighted by molar-refractivity contribution is 5.85. The Morgan fingerprint density at radius 1 is 0.848 bits per heavy atom. The number of hydrogen-bond donors (Lipinski definition) is 6. The average Bonchev–Trinajstić information content (AvgIpc) is 3.57. The van der Waals surface area contributed by atoms with Crippen molar-refractivity contribution in [3.63, 3.8) is 0 Å². The maximum atomic E-state index is 12.5. The molecule has 0 aromatic carbocycles. The Morgan fingerprint density at radius 3 is 2.37 bits per heavy atom. The highest BCUT2D eigenvalue weighted by Crippen LogP contribution is 2.70. The van der Waals surface area contributed by atoms with E-state index in [2.05, 4.69) is 13.8 Å². The molecule has 2 saturated heterocycles. The van der Waals surface area contributed by atoms with E-state index in [1.54, 1.807) is 13.0 Å². The number of esters is 1. The van der Waals surface area contributed by atoms with Crippen molar-refractivity contribution in [2.75, 3.05) is 13.2 Å². The first kappa shape index (κ1) is 33.3. The van der Waals surface area contributed by atoms with Gasteiger partial charge in [0, 0.05) is 11.5 Å². The zero-order valence-corrected chi connectivity index (χ0v) is 27.1. The number of aliphatic hydroxyl groups excluding tert-OH is 5. The predicted octanol–water partition coefficient (Wildman–Crippen LogP) is 0.919. The number of hydrogen-bond acceptors (Lipinski definition) is 12. The number of aliphatic hydroxyl groups is 6. The summed E-state index contributed by atoms with van der Waals surface area (Å²) in [6, 6.07) is 0. The first-order valence-corrected chi connectivity index (χ1v) is 17.3. The zero-order valence-electron chi connectivity index (χ0n) is 27.1. The van der Waals surface area contributed by atoms with E-state index in [0.717, 1.165) is 63.4 Å². The van der Waals surface area contributed by atoms with Crippen molar-refractivity contribution < 1.29 is 59.1 Å². The second-order valence-corrected chi connectivity index (χ2v) is 15.9. The summed E-state index contributed by atoms with van der Waals surface area (Å²) in [5, 5.41) is 64.5. The molecule has 0 aromatic rings. The molecule has 260 valence electrons. The first-order valence-electron chi connectivity index (χ1n) is 17.3. The van der Waals surface area contributed by atoms with Crippen LogP contribution in [-0.2, 0) is 28.5 Å². The molecule has 7 aliphatic rings. The maximum absolute atomic E-state index is 12.5. The van der Waals surface area contributed by atoms with Gasteiger partial charge in [0.15, 0.2) is 12.6 Å². The molecule has 0 radical (unpaired) electrons. The van der Waals surface area contributed by atoms with Gasteiger partial charge in [-0.1, -0.05) is 13.8 Å². The smallest absolute Gasteiger partial charge is 0.331 e. The molecule has 4 aliphatic carbocycles. The first-order chi connectivity index (χ1) is 21.8. The van der Waals surface area contributed by atoms with E-state index >= 15 is 0 Å². The van der Waals surface area contributed by atoms with Crippen molar-refractivity contribution in [1.82, 2.24) is 0 Å². The number of ether oxygens (including phenoxy) is 5. The molecule has 17 unspecified atom stereocenters. The van der Waals surface area contributed by atoms with Gasteiger partial charge in [-0.2, -0.15) is 0 Å². The predicted molar refractivity (Wildman–Crippen MR) is 160 cm³/mol. The van der Waals surface area contributed by atoms with E-state index in [4.69, 9.17) is 23.7 Å². The maximum Gasteiger partial charge on any atom is 0.331 e. The van der Waals surface area contributed by atoms with E-state index in [1.165, 1.54) is 0 Å². The van der Waals surface area contributed by atoms with Crippen molar-refractivity contribution in [2.24, 2.45) is 34.5 Å². The van der Waals surface area contributed by atoms with Crippen LogP contribution >= 0.6 is 0 Å².